The summed E-state index contributed by atoms with van der Waals surface area (Å²) in [5.41, 5.74) is 1.51. The van der Waals surface area contributed by atoms with E-state index in [4.69, 9.17) is 4.74 Å². The van der Waals surface area contributed by atoms with Crippen molar-refractivity contribution in [1.82, 2.24) is 10.2 Å². The van der Waals surface area contributed by atoms with Crippen LogP contribution in [0.25, 0.3) is 0 Å². The predicted octanol–water partition coefficient (Wildman–Crippen LogP) is 3.03. The first-order chi connectivity index (χ1) is 8.91. The summed E-state index contributed by atoms with van der Waals surface area (Å²) in [4.78, 5) is 2.53. The Hall–Kier alpha value is -0.580. The molecule has 1 unspecified atom stereocenters. The van der Waals surface area contributed by atoms with Crippen molar-refractivity contribution in [1.29, 1.82) is 0 Å². The van der Waals surface area contributed by atoms with E-state index in [1.807, 2.05) is 6.07 Å². The molecule has 0 bridgehead atoms. The van der Waals surface area contributed by atoms with Gasteiger partial charge in [-0.3, -0.25) is 4.90 Å². The zero-order valence-electron chi connectivity index (χ0n) is 12.2. The number of piperazine rings is 1. The van der Waals surface area contributed by atoms with Crippen LogP contribution < -0.4 is 10.1 Å². The van der Waals surface area contributed by atoms with E-state index in [2.05, 4.69) is 59.1 Å². The molecule has 0 radical (unpaired) electrons. The summed E-state index contributed by atoms with van der Waals surface area (Å²) in [6.07, 6.45) is 0. The van der Waals surface area contributed by atoms with Crippen LogP contribution in [0.1, 0.15) is 26.3 Å². The van der Waals surface area contributed by atoms with Crippen LogP contribution >= 0.6 is 15.9 Å². The van der Waals surface area contributed by atoms with Gasteiger partial charge in [0.2, 0.25) is 0 Å². The van der Waals surface area contributed by atoms with Gasteiger partial charge < -0.3 is 10.1 Å². The lowest BCUT2D eigenvalue weighted by Crippen LogP contribution is -2.60. The number of methoxy groups -OCH3 is 1. The maximum absolute atomic E-state index is 5.27. The molecule has 0 spiro atoms. The van der Waals surface area contributed by atoms with Gasteiger partial charge in [-0.05, 0) is 54.4 Å². The summed E-state index contributed by atoms with van der Waals surface area (Å²) in [5.74, 6) is 0.887. The SMILES string of the molecule is COc1ccc(CN2CC(C)(C)NCC2C)cc1Br. The number of hydrogen-bond donors (Lipinski definition) is 1. The predicted molar refractivity (Wildman–Crippen MR) is 82.6 cm³/mol. The van der Waals surface area contributed by atoms with Gasteiger partial charge in [0.15, 0.2) is 0 Å². The van der Waals surface area contributed by atoms with Crippen molar-refractivity contribution in [2.75, 3.05) is 20.2 Å². The van der Waals surface area contributed by atoms with E-state index >= 15 is 0 Å². The monoisotopic (exact) mass is 326 g/mol. The van der Waals surface area contributed by atoms with Crippen LogP contribution in [-0.4, -0.2) is 36.7 Å². The molecule has 1 aliphatic heterocycles. The number of halogens is 1. The third-order valence-electron chi connectivity index (χ3n) is 3.70. The molecule has 1 heterocycles. The Kier molecular flexibility index (Phi) is 4.54. The molecule has 1 aliphatic rings. The fourth-order valence-corrected chi connectivity index (χ4v) is 3.12. The van der Waals surface area contributed by atoms with Crippen molar-refractivity contribution in [3.8, 4) is 5.75 Å². The maximum atomic E-state index is 5.27. The molecule has 0 saturated carbocycles. The second-order valence-electron chi connectivity index (χ2n) is 5.99. The molecule has 1 fully saturated rings. The van der Waals surface area contributed by atoms with Crippen molar-refractivity contribution in [2.45, 2.75) is 38.9 Å². The van der Waals surface area contributed by atoms with Crippen LogP contribution in [0.2, 0.25) is 0 Å². The highest BCUT2D eigenvalue weighted by Crippen LogP contribution is 2.27. The molecule has 19 heavy (non-hydrogen) atoms. The molecule has 0 aliphatic carbocycles. The average molecular weight is 327 g/mol. The molecule has 106 valence electrons. The number of benzene rings is 1. The Morgan fingerprint density at radius 1 is 1.47 bits per heavy atom. The normalized spacial score (nSPS) is 23.3. The van der Waals surface area contributed by atoms with E-state index in [0.29, 0.717) is 6.04 Å². The molecule has 4 heteroatoms. The average Bonchev–Trinajstić information content (AvgIpc) is 2.34. The first kappa shape index (κ1) is 14.8. The zero-order valence-corrected chi connectivity index (χ0v) is 13.8. The van der Waals surface area contributed by atoms with Gasteiger partial charge in [0.1, 0.15) is 5.75 Å². The lowest BCUT2D eigenvalue weighted by molar-refractivity contribution is 0.0977. The van der Waals surface area contributed by atoms with Crippen molar-refractivity contribution in [3.63, 3.8) is 0 Å². The lowest BCUT2D eigenvalue weighted by Gasteiger charge is -2.43. The molecular formula is C15H23BrN2O. The van der Waals surface area contributed by atoms with Crippen LogP contribution in [0.15, 0.2) is 22.7 Å². The second kappa shape index (κ2) is 5.81. The minimum atomic E-state index is 0.191. The van der Waals surface area contributed by atoms with Crippen molar-refractivity contribution in [2.24, 2.45) is 0 Å². The summed E-state index contributed by atoms with van der Waals surface area (Å²) in [7, 11) is 1.70. The number of hydrogen-bond acceptors (Lipinski definition) is 3. The standard InChI is InChI=1S/C15H23BrN2O/c1-11-8-17-15(2,3)10-18(11)9-12-5-6-14(19-4)13(16)7-12/h5-7,11,17H,8-10H2,1-4H3. The molecule has 2 rings (SSSR count). The van der Waals surface area contributed by atoms with Gasteiger partial charge in [0, 0.05) is 31.2 Å². The summed E-state index contributed by atoms with van der Waals surface area (Å²) >= 11 is 3.55. The summed E-state index contributed by atoms with van der Waals surface area (Å²) in [6, 6.07) is 6.89. The first-order valence-corrected chi connectivity index (χ1v) is 7.52. The summed E-state index contributed by atoms with van der Waals surface area (Å²) in [5, 5.41) is 3.58. The smallest absolute Gasteiger partial charge is 0.133 e. The Morgan fingerprint density at radius 2 is 2.21 bits per heavy atom. The summed E-state index contributed by atoms with van der Waals surface area (Å²) < 4.78 is 6.30. The van der Waals surface area contributed by atoms with Crippen LogP contribution in [0, 0.1) is 0 Å². The van der Waals surface area contributed by atoms with E-state index in [1.165, 1.54) is 5.56 Å². The fourth-order valence-electron chi connectivity index (χ4n) is 2.53. The minimum absolute atomic E-state index is 0.191. The van der Waals surface area contributed by atoms with Crippen molar-refractivity contribution in [3.05, 3.63) is 28.2 Å². The molecule has 3 nitrogen and oxygen atoms in total. The second-order valence-corrected chi connectivity index (χ2v) is 6.84. The van der Waals surface area contributed by atoms with Crippen LogP contribution in [-0.2, 0) is 6.54 Å². The number of nitrogens with one attached hydrogen (secondary N) is 1. The number of ether oxygens (including phenoxy) is 1. The van der Waals surface area contributed by atoms with Gasteiger partial charge in [-0.25, -0.2) is 0 Å². The number of rotatable bonds is 3. The third-order valence-corrected chi connectivity index (χ3v) is 4.32. The van der Waals surface area contributed by atoms with Gasteiger partial charge in [-0.15, -0.1) is 0 Å². The molecule has 1 aromatic carbocycles. The van der Waals surface area contributed by atoms with Crippen LogP contribution in [0.3, 0.4) is 0 Å². The Bertz CT molecular complexity index is 448. The third kappa shape index (κ3) is 3.71. The number of nitrogens with zero attached hydrogens (tertiary/aromatic N) is 1. The fraction of sp³-hybridized carbons (Fsp3) is 0.600. The molecule has 1 aromatic rings. The van der Waals surface area contributed by atoms with E-state index in [9.17, 15) is 0 Å². The molecular weight excluding hydrogens is 304 g/mol. The Morgan fingerprint density at radius 3 is 2.84 bits per heavy atom. The molecule has 1 saturated heterocycles. The van der Waals surface area contributed by atoms with Gasteiger partial charge in [-0.1, -0.05) is 6.07 Å². The summed E-state index contributed by atoms with van der Waals surface area (Å²) in [6.45, 7) is 9.89. The van der Waals surface area contributed by atoms with E-state index in [1.54, 1.807) is 7.11 Å². The van der Waals surface area contributed by atoms with E-state index < -0.39 is 0 Å². The minimum Gasteiger partial charge on any atom is -0.496 e. The lowest BCUT2D eigenvalue weighted by atomic mass is 9.98. The first-order valence-electron chi connectivity index (χ1n) is 6.73. The van der Waals surface area contributed by atoms with Gasteiger partial charge in [-0.2, -0.15) is 0 Å². The molecule has 1 atom stereocenters. The Labute approximate surface area is 124 Å². The largest absolute Gasteiger partial charge is 0.496 e. The van der Waals surface area contributed by atoms with Crippen LogP contribution in [0.5, 0.6) is 5.75 Å². The highest BCUT2D eigenvalue weighted by molar-refractivity contribution is 9.10. The quantitative estimate of drug-likeness (QED) is 0.924. The van der Waals surface area contributed by atoms with Gasteiger partial charge in [0.05, 0.1) is 11.6 Å². The topological polar surface area (TPSA) is 24.5 Å². The molecule has 1 N–H and O–H groups in total. The van der Waals surface area contributed by atoms with Gasteiger partial charge in [0.25, 0.3) is 0 Å². The van der Waals surface area contributed by atoms with Gasteiger partial charge >= 0.3 is 0 Å². The Balaban J connectivity index is 2.09. The van der Waals surface area contributed by atoms with Crippen molar-refractivity contribution < 1.29 is 4.74 Å². The van der Waals surface area contributed by atoms with E-state index in [-0.39, 0.29) is 5.54 Å². The maximum Gasteiger partial charge on any atom is 0.133 e. The highest BCUT2D eigenvalue weighted by Gasteiger charge is 2.29. The zero-order chi connectivity index (χ0) is 14.0. The van der Waals surface area contributed by atoms with Crippen molar-refractivity contribution >= 4 is 15.9 Å². The highest BCUT2D eigenvalue weighted by atomic mass is 79.9. The van der Waals surface area contributed by atoms with E-state index in [0.717, 1.165) is 29.9 Å². The molecule has 0 amide bonds. The van der Waals surface area contributed by atoms with Crippen LogP contribution in [0.4, 0.5) is 0 Å². The molecule has 0 aromatic heterocycles.